The van der Waals surface area contributed by atoms with Crippen molar-refractivity contribution in [3.63, 3.8) is 0 Å². The minimum Gasteiger partial charge on any atom is -0.383 e. The summed E-state index contributed by atoms with van der Waals surface area (Å²) in [6.07, 6.45) is 0. The Hall–Kier alpha value is -2.21. The molecule has 0 bridgehead atoms. The van der Waals surface area contributed by atoms with Crippen LogP contribution in [0.2, 0.25) is 0 Å². The molecular weight excluding hydrogens is 373 g/mol. The van der Waals surface area contributed by atoms with Crippen LogP contribution in [0.1, 0.15) is 6.92 Å². The molecule has 0 radical (unpaired) electrons. The number of thiophene rings is 1. The predicted octanol–water partition coefficient (Wildman–Crippen LogP) is 3.91. The quantitative estimate of drug-likeness (QED) is 0.472. The number of halogens is 1. The first kappa shape index (κ1) is 18.6. The number of ether oxygens (including phenoxy) is 1. The van der Waals surface area contributed by atoms with Gasteiger partial charge in [-0.25, -0.2) is 9.37 Å². The Morgan fingerprint density at radius 2 is 2.15 bits per heavy atom. The first-order valence-electron chi connectivity index (χ1n) is 7.88. The van der Waals surface area contributed by atoms with Gasteiger partial charge >= 0.3 is 0 Å². The van der Waals surface area contributed by atoms with Gasteiger partial charge in [0.05, 0.1) is 29.9 Å². The summed E-state index contributed by atoms with van der Waals surface area (Å²) < 4.78 is 19.9. The van der Waals surface area contributed by atoms with Crippen LogP contribution >= 0.6 is 23.1 Å². The van der Waals surface area contributed by atoms with E-state index in [-0.39, 0.29) is 16.6 Å². The number of fused-ring (bicyclic) bond motifs is 1. The number of nitrogens with zero attached hydrogens (tertiary/aromatic N) is 3. The average molecular weight is 389 g/mol. The number of hydrogen-bond acceptors (Lipinski definition) is 6. The fraction of sp³-hybridized carbons (Fsp3) is 0.278. The normalized spacial score (nSPS) is 12.2. The summed E-state index contributed by atoms with van der Waals surface area (Å²) in [5.41, 5.74) is 1.32. The van der Waals surface area contributed by atoms with E-state index in [1.807, 2.05) is 5.38 Å². The van der Waals surface area contributed by atoms with E-state index < -0.39 is 0 Å². The lowest BCUT2D eigenvalue weighted by Crippen LogP contribution is -2.25. The highest BCUT2D eigenvalue weighted by Gasteiger charge is 2.18. The van der Waals surface area contributed by atoms with Crippen molar-refractivity contribution in [2.75, 3.05) is 13.7 Å². The van der Waals surface area contributed by atoms with Gasteiger partial charge in [-0.05, 0) is 24.6 Å². The van der Waals surface area contributed by atoms with Crippen molar-refractivity contribution in [2.24, 2.45) is 0 Å². The highest BCUT2D eigenvalue weighted by molar-refractivity contribution is 8.00. The molecule has 0 saturated carbocycles. The second-order valence-corrected chi connectivity index (χ2v) is 7.74. The second-order valence-electron chi connectivity index (χ2n) is 5.57. The molecule has 2 heterocycles. The van der Waals surface area contributed by atoms with E-state index in [9.17, 15) is 9.18 Å². The summed E-state index contributed by atoms with van der Waals surface area (Å²) in [6, 6.07) is 8.18. The summed E-state index contributed by atoms with van der Waals surface area (Å²) in [5.74, 6) is -0.326. The summed E-state index contributed by atoms with van der Waals surface area (Å²) in [6.45, 7) is 2.47. The zero-order chi connectivity index (χ0) is 18.7. The minimum absolute atomic E-state index is 0.180. The highest BCUT2D eigenvalue weighted by Crippen LogP contribution is 2.32. The zero-order valence-electron chi connectivity index (χ0n) is 14.2. The molecule has 2 aromatic heterocycles. The van der Waals surface area contributed by atoms with Gasteiger partial charge in [0.15, 0.2) is 5.16 Å². The largest absolute Gasteiger partial charge is 0.383 e. The molecule has 3 aromatic rings. The van der Waals surface area contributed by atoms with Crippen LogP contribution in [0.4, 0.5) is 4.39 Å². The Balaban J connectivity index is 2.19. The maximum absolute atomic E-state index is 13.2. The molecule has 0 saturated heterocycles. The summed E-state index contributed by atoms with van der Waals surface area (Å²) >= 11 is 2.61. The van der Waals surface area contributed by atoms with Crippen LogP contribution in [0, 0.1) is 17.1 Å². The van der Waals surface area contributed by atoms with Crippen molar-refractivity contribution in [3.05, 3.63) is 45.8 Å². The zero-order valence-corrected chi connectivity index (χ0v) is 15.9. The van der Waals surface area contributed by atoms with Gasteiger partial charge in [0.1, 0.15) is 10.6 Å². The molecule has 5 nitrogen and oxygen atoms in total. The molecular formula is C18H16FN3O2S2. The third-order valence-corrected chi connectivity index (χ3v) is 5.65. The predicted molar refractivity (Wildman–Crippen MR) is 102 cm³/mol. The van der Waals surface area contributed by atoms with Crippen LogP contribution in [0.15, 0.2) is 39.6 Å². The molecule has 8 heteroatoms. The lowest BCUT2D eigenvalue weighted by atomic mass is 10.1. The van der Waals surface area contributed by atoms with Gasteiger partial charge in [0, 0.05) is 18.1 Å². The highest BCUT2D eigenvalue weighted by atomic mass is 32.2. The first-order valence-corrected chi connectivity index (χ1v) is 9.64. The van der Waals surface area contributed by atoms with E-state index >= 15 is 0 Å². The van der Waals surface area contributed by atoms with Crippen molar-refractivity contribution in [1.29, 1.82) is 5.26 Å². The van der Waals surface area contributed by atoms with E-state index in [2.05, 4.69) is 11.1 Å². The fourth-order valence-corrected chi connectivity index (χ4v) is 4.31. The fourth-order valence-electron chi connectivity index (χ4n) is 2.50. The van der Waals surface area contributed by atoms with E-state index in [1.165, 1.54) is 35.2 Å². The van der Waals surface area contributed by atoms with Crippen LogP contribution in [-0.2, 0) is 11.3 Å². The smallest absolute Gasteiger partial charge is 0.263 e. The van der Waals surface area contributed by atoms with Gasteiger partial charge in [0.2, 0.25) is 0 Å². The number of thioether (sulfide) groups is 1. The molecule has 3 rings (SSSR count). The van der Waals surface area contributed by atoms with E-state index in [4.69, 9.17) is 10.00 Å². The Morgan fingerprint density at radius 3 is 2.81 bits per heavy atom. The lowest BCUT2D eigenvalue weighted by Gasteiger charge is -2.12. The van der Waals surface area contributed by atoms with Crippen molar-refractivity contribution in [2.45, 2.75) is 23.9 Å². The molecule has 0 aliphatic carbocycles. The number of aromatic nitrogens is 2. The third kappa shape index (κ3) is 3.65. The Labute approximate surface area is 158 Å². The molecule has 0 aliphatic heterocycles. The lowest BCUT2D eigenvalue weighted by molar-refractivity contribution is 0.183. The van der Waals surface area contributed by atoms with Crippen molar-refractivity contribution < 1.29 is 9.13 Å². The molecule has 134 valence electrons. The number of rotatable bonds is 6. The van der Waals surface area contributed by atoms with Gasteiger partial charge in [-0.1, -0.05) is 23.9 Å². The maximum atomic E-state index is 13.2. The van der Waals surface area contributed by atoms with Crippen LogP contribution in [0.5, 0.6) is 0 Å². The summed E-state index contributed by atoms with van der Waals surface area (Å²) in [5, 5.41) is 11.6. The summed E-state index contributed by atoms with van der Waals surface area (Å²) in [4.78, 5) is 18.4. The second kappa shape index (κ2) is 7.99. The summed E-state index contributed by atoms with van der Waals surface area (Å²) in [7, 11) is 1.57. The molecule has 0 fully saturated rings. The van der Waals surface area contributed by atoms with Crippen LogP contribution in [0.25, 0.3) is 21.3 Å². The average Bonchev–Trinajstić information content (AvgIpc) is 3.06. The Kier molecular flexibility index (Phi) is 5.71. The van der Waals surface area contributed by atoms with Gasteiger partial charge in [-0.3, -0.25) is 9.36 Å². The first-order chi connectivity index (χ1) is 12.5. The molecule has 1 aromatic carbocycles. The SMILES string of the molecule is COCCn1c(S[C@H](C)C#N)nc2scc(-c3ccc(F)cc3)c2c1=O. The molecule has 26 heavy (non-hydrogen) atoms. The molecule has 0 N–H and O–H groups in total. The van der Waals surface area contributed by atoms with Crippen molar-refractivity contribution in [1.82, 2.24) is 9.55 Å². The van der Waals surface area contributed by atoms with Crippen molar-refractivity contribution in [3.8, 4) is 17.2 Å². The maximum Gasteiger partial charge on any atom is 0.263 e. The Bertz CT molecular complexity index is 1020. The van der Waals surface area contributed by atoms with Crippen LogP contribution < -0.4 is 5.56 Å². The van der Waals surface area contributed by atoms with Crippen LogP contribution in [-0.4, -0.2) is 28.5 Å². The molecule has 1 atom stereocenters. The number of nitriles is 1. The van der Waals surface area contributed by atoms with E-state index in [0.29, 0.717) is 28.5 Å². The molecule has 0 aliphatic rings. The number of hydrogen-bond donors (Lipinski definition) is 0. The van der Waals surface area contributed by atoms with Crippen molar-refractivity contribution >= 4 is 33.3 Å². The van der Waals surface area contributed by atoms with Gasteiger partial charge in [0.25, 0.3) is 5.56 Å². The standard InChI is InChI=1S/C18H16FN3O2S2/c1-11(9-20)26-18-21-16-15(17(23)22(18)7-8-24-2)14(10-25-16)12-3-5-13(19)6-4-12/h3-6,10-11H,7-8H2,1-2H3/t11-/m1/s1. The van der Waals surface area contributed by atoms with E-state index in [0.717, 1.165) is 11.1 Å². The topological polar surface area (TPSA) is 67.9 Å². The van der Waals surface area contributed by atoms with Gasteiger partial charge < -0.3 is 4.74 Å². The van der Waals surface area contributed by atoms with Gasteiger partial charge in [-0.2, -0.15) is 5.26 Å². The van der Waals surface area contributed by atoms with Gasteiger partial charge in [-0.15, -0.1) is 11.3 Å². The number of benzene rings is 1. The molecule has 0 unspecified atom stereocenters. The van der Waals surface area contributed by atoms with E-state index in [1.54, 1.807) is 30.7 Å². The van der Waals surface area contributed by atoms with Crippen LogP contribution in [0.3, 0.4) is 0 Å². The molecule has 0 amide bonds. The Morgan fingerprint density at radius 1 is 1.42 bits per heavy atom. The minimum atomic E-state index is -0.329. The third-order valence-electron chi connectivity index (χ3n) is 3.80. The molecule has 0 spiro atoms. The number of methoxy groups -OCH3 is 1. The monoisotopic (exact) mass is 389 g/mol.